The van der Waals surface area contributed by atoms with Crippen molar-refractivity contribution < 1.29 is 13.5 Å². The minimum atomic E-state index is -3.73. The Kier molecular flexibility index (Phi) is 5.65. The lowest BCUT2D eigenvalue weighted by Gasteiger charge is -2.24. The van der Waals surface area contributed by atoms with E-state index >= 15 is 0 Å². The maximum absolute atomic E-state index is 12.5. The van der Waals surface area contributed by atoms with E-state index in [1.165, 1.54) is 23.5 Å². The predicted octanol–water partition coefficient (Wildman–Crippen LogP) is 2.90. The first-order valence-electron chi connectivity index (χ1n) is 5.82. The van der Waals surface area contributed by atoms with Crippen LogP contribution in [0.3, 0.4) is 0 Å². The topological polar surface area (TPSA) is 57.6 Å². The monoisotopic (exact) mass is 325 g/mol. The predicted molar refractivity (Wildman–Crippen MR) is 77.1 cm³/mol. The molecule has 0 aliphatic carbocycles. The third-order valence-electron chi connectivity index (χ3n) is 3.12. The van der Waals surface area contributed by atoms with Gasteiger partial charge in [-0.05, 0) is 31.0 Å². The van der Waals surface area contributed by atoms with E-state index in [1.807, 2.05) is 13.8 Å². The molecule has 0 heterocycles. The number of hydrogen-bond acceptors (Lipinski definition) is 3. The van der Waals surface area contributed by atoms with Gasteiger partial charge in [0.15, 0.2) is 0 Å². The van der Waals surface area contributed by atoms with Gasteiger partial charge in [-0.15, -0.1) is 0 Å². The molecule has 0 aliphatic heterocycles. The summed E-state index contributed by atoms with van der Waals surface area (Å²) in [5.74, 6) is 0. The second-order valence-electron chi connectivity index (χ2n) is 4.31. The van der Waals surface area contributed by atoms with Crippen LogP contribution in [0.2, 0.25) is 10.0 Å². The summed E-state index contributed by atoms with van der Waals surface area (Å²) in [6.45, 7) is 3.34. The third-order valence-corrected chi connectivity index (χ3v) is 5.89. The van der Waals surface area contributed by atoms with Crippen molar-refractivity contribution in [3.8, 4) is 0 Å². The minimum Gasteiger partial charge on any atom is -0.392 e. The summed E-state index contributed by atoms with van der Waals surface area (Å²) in [7, 11) is -2.23. The molecule has 1 aromatic rings. The molecular formula is C12H17Cl2NO3S. The fourth-order valence-electron chi connectivity index (χ4n) is 1.57. The van der Waals surface area contributed by atoms with Crippen molar-refractivity contribution >= 4 is 33.2 Å². The highest BCUT2D eigenvalue weighted by atomic mass is 35.5. The van der Waals surface area contributed by atoms with Crippen LogP contribution in [0.1, 0.15) is 25.8 Å². The Morgan fingerprint density at radius 2 is 1.95 bits per heavy atom. The smallest absolute Gasteiger partial charge is 0.244 e. The molecule has 1 aromatic carbocycles. The van der Waals surface area contributed by atoms with Crippen LogP contribution in [-0.2, 0) is 16.6 Å². The fourth-order valence-corrected chi connectivity index (χ4v) is 3.90. The molecular weight excluding hydrogens is 309 g/mol. The van der Waals surface area contributed by atoms with Crippen molar-refractivity contribution in [2.75, 3.05) is 7.05 Å². The van der Waals surface area contributed by atoms with Crippen molar-refractivity contribution in [2.45, 2.75) is 37.8 Å². The number of benzene rings is 1. The lowest BCUT2D eigenvalue weighted by molar-refractivity contribution is 0.281. The van der Waals surface area contributed by atoms with E-state index in [4.69, 9.17) is 23.2 Å². The normalized spacial score (nSPS) is 13.8. The van der Waals surface area contributed by atoms with Crippen LogP contribution in [-0.4, -0.2) is 30.9 Å². The lowest BCUT2D eigenvalue weighted by Crippen LogP contribution is -2.34. The molecule has 0 aliphatic rings. The molecule has 1 unspecified atom stereocenters. The first-order valence-corrected chi connectivity index (χ1v) is 8.02. The molecule has 1 rings (SSSR count). The Hall–Kier alpha value is -0.330. The highest BCUT2D eigenvalue weighted by molar-refractivity contribution is 7.89. The van der Waals surface area contributed by atoms with Crippen molar-refractivity contribution in [3.63, 3.8) is 0 Å². The molecule has 0 fully saturated rings. The van der Waals surface area contributed by atoms with Crippen LogP contribution >= 0.6 is 23.2 Å². The van der Waals surface area contributed by atoms with Gasteiger partial charge in [-0.3, -0.25) is 0 Å². The average Bonchev–Trinajstić information content (AvgIpc) is 2.38. The molecule has 108 valence electrons. The summed E-state index contributed by atoms with van der Waals surface area (Å²) in [4.78, 5) is -0.0754. The van der Waals surface area contributed by atoms with Gasteiger partial charge < -0.3 is 5.11 Å². The Morgan fingerprint density at radius 3 is 2.42 bits per heavy atom. The Morgan fingerprint density at radius 1 is 1.37 bits per heavy atom. The molecule has 7 heteroatoms. The van der Waals surface area contributed by atoms with E-state index in [-0.39, 0.29) is 27.6 Å². The molecule has 1 atom stereocenters. The molecule has 0 saturated carbocycles. The van der Waals surface area contributed by atoms with Gasteiger partial charge in [0.25, 0.3) is 0 Å². The zero-order valence-corrected chi connectivity index (χ0v) is 13.3. The van der Waals surface area contributed by atoms with Crippen molar-refractivity contribution in [2.24, 2.45) is 0 Å². The van der Waals surface area contributed by atoms with Gasteiger partial charge in [0.1, 0.15) is 4.90 Å². The maximum Gasteiger partial charge on any atom is 0.244 e. The van der Waals surface area contributed by atoms with E-state index in [9.17, 15) is 13.5 Å². The van der Waals surface area contributed by atoms with Gasteiger partial charge in [0, 0.05) is 18.1 Å². The largest absolute Gasteiger partial charge is 0.392 e. The highest BCUT2D eigenvalue weighted by Crippen LogP contribution is 2.31. The summed E-state index contributed by atoms with van der Waals surface area (Å²) in [6.07, 6.45) is 0.681. The molecule has 0 bridgehead atoms. The first-order chi connectivity index (χ1) is 8.75. The van der Waals surface area contributed by atoms with Crippen LogP contribution < -0.4 is 0 Å². The Labute approximate surface area is 124 Å². The number of sulfonamides is 1. The van der Waals surface area contributed by atoms with Crippen LogP contribution in [0.25, 0.3) is 0 Å². The van der Waals surface area contributed by atoms with Crippen molar-refractivity contribution in [3.05, 3.63) is 27.7 Å². The van der Waals surface area contributed by atoms with E-state index in [2.05, 4.69) is 0 Å². The van der Waals surface area contributed by atoms with E-state index in [0.717, 1.165) is 0 Å². The Bertz CT molecular complexity index is 560. The average molecular weight is 326 g/mol. The van der Waals surface area contributed by atoms with Gasteiger partial charge in [0.2, 0.25) is 10.0 Å². The van der Waals surface area contributed by atoms with Gasteiger partial charge >= 0.3 is 0 Å². The minimum absolute atomic E-state index is 0.0158. The lowest BCUT2D eigenvalue weighted by atomic mass is 10.2. The van der Waals surface area contributed by atoms with Gasteiger partial charge in [0.05, 0.1) is 11.6 Å². The molecule has 0 radical (unpaired) electrons. The number of aliphatic hydroxyl groups excluding tert-OH is 1. The molecule has 19 heavy (non-hydrogen) atoms. The molecule has 4 nitrogen and oxygen atoms in total. The summed E-state index contributed by atoms with van der Waals surface area (Å²) in [5, 5.41) is 9.42. The second kappa shape index (κ2) is 6.41. The molecule has 0 spiro atoms. The molecule has 0 amide bonds. The highest BCUT2D eigenvalue weighted by Gasteiger charge is 2.28. The van der Waals surface area contributed by atoms with E-state index in [1.54, 1.807) is 0 Å². The van der Waals surface area contributed by atoms with E-state index < -0.39 is 10.0 Å². The zero-order chi connectivity index (χ0) is 14.8. The van der Waals surface area contributed by atoms with Gasteiger partial charge in [-0.25, -0.2) is 8.42 Å². The van der Waals surface area contributed by atoms with Crippen LogP contribution in [0.5, 0.6) is 0 Å². The van der Waals surface area contributed by atoms with Crippen LogP contribution in [0.4, 0.5) is 0 Å². The summed E-state index contributed by atoms with van der Waals surface area (Å²) >= 11 is 11.9. The molecule has 0 aromatic heterocycles. The Balaban J connectivity index is 3.41. The quantitative estimate of drug-likeness (QED) is 0.905. The zero-order valence-electron chi connectivity index (χ0n) is 11.0. The molecule has 0 saturated heterocycles. The van der Waals surface area contributed by atoms with Crippen molar-refractivity contribution in [1.82, 2.24) is 4.31 Å². The number of halogens is 2. The number of rotatable bonds is 5. The van der Waals surface area contributed by atoms with E-state index in [0.29, 0.717) is 12.0 Å². The van der Waals surface area contributed by atoms with Crippen LogP contribution in [0, 0.1) is 0 Å². The first kappa shape index (κ1) is 16.7. The summed E-state index contributed by atoms with van der Waals surface area (Å²) < 4.78 is 26.2. The number of aliphatic hydroxyl groups is 1. The van der Waals surface area contributed by atoms with Crippen molar-refractivity contribution in [1.29, 1.82) is 0 Å². The standard InChI is InChI=1S/C12H17Cl2NO3S/c1-4-8(2)15(3)19(17,18)11-6-10(13)5-9(7-16)12(11)14/h5-6,8,16H,4,7H2,1-3H3. The third kappa shape index (κ3) is 3.41. The number of nitrogens with zero attached hydrogens (tertiary/aromatic N) is 1. The maximum atomic E-state index is 12.5. The fraction of sp³-hybridized carbons (Fsp3) is 0.500. The number of hydrogen-bond donors (Lipinski definition) is 1. The van der Waals surface area contributed by atoms with Gasteiger partial charge in [-0.2, -0.15) is 4.31 Å². The SMILES string of the molecule is CCC(C)N(C)S(=O)(=O)c1cc(Cl)cc(CO)c1Cl. The van der Waals surface area contributed by atoms with Gasteiger partial charge in [-0.1, -0.05) is 30.1 Å². The molecule has 1 N–H and O–H groups in total. The summed E-state index contributed by atoms with van der Waals surface area (Å²) in [6, 6.07) is 2.60. The summed E-state index contributed by atoms with van der Waals surface area (Å²) in [5.41, 5.74) is 0.297. The second-order valence-corrected chi connectivity index (χ2v) is 7.09. The van der Waals surface area contributed by atoms with Crippen LogP contribution in [0.15, 0.2) is 17.0 Å².